The molecule has 0 saturated carbocycles. The van der Waals surface area contributed by atoms with Gasteiger partial charge in [0, 0.05) is 55.6 Å². The van der Waals surface area contributed by atoms with Crippen LogP contribution in [0.4, 0.5) is 0 Å². The van der Waals surface area contributed by atoms with E-state index in [-0.39, 0.29) is 55.6 Å². The zero-order valence-corrected chi connectivity index (χ0v) is 17.3. The van der Waals surface area contributed by atoms with E-state index in [1.54, 1.807) is 0 Å². The predicted molar refractivity (Wildman–Crippen MR) is 107 cm³/mol. The van der Waals surface area contributed by atoms with Crippen LogP contribution >= 0.6 is 0 Å². The first-order valence-corrected chi connectivity index (χ1v) is 9.50. The molecule has 0 bridgehead atoms. The molecule has 180 valence electrons. The van der Waals surface area contributed by atoms with Gasteiger partial charge in [0.15, 0.2) is 0 Å². The lowest BCUT2D eigenvalue weighted by Crippen LogP contribution is -2.32. The van der Waals surface area contributed by atoms with Gasteiger partial charge in [0.1, 0.15) is 0 Å². The van der Waals surface area contributed by atoms with Crippen LogP contribution in [-0.2, 0) is 14.4 Å². The summed E-state index contributed by atoms with van der Waals surface area (Å²) in [6, 6.07) is 3.54. The van der Waals surface area contributed by atoms with Crippen molar-refractivity contribution in [3.8, 4) is 0 Å². The second kappa shape index (κ2) is 14.1. The number of carbonyl (C=O) groups excluding carboxylic acids is 6. The topological polar surface area (TPSA) is 235 Å². The number of amides is 6. The van der Waals surface area contributed by atoms with Gasteiger partial charge in [0.05, 0.1) is 0 Å². The van der Waals surface area contributed by atoms with Crippen LogP contribution in [0.5, 0.6) is 0 Å². The minimum absolute atomic E-state index is 0.0987. The molecule has 9 N–H and O–H groups in total. The number of benzene rings is 1. The summed E-state index contributed by atoms with van der Waals surface area (Å²) in [6.45, 7) is -0.429. The second-order valence-electron chi connectivity index (χ2n) is 6.42. The largest absolute Gasteiger partial charge is 0.352 e. The maximum atomic E-state index is 12.4. The van der Waals surface area contributed by atoms with E-state index in [0.717, 1.165) is 0 Å². The average Bonchev–Trinajstić information content (AvgIpc) is 2.82. The van der Waals surface area contributed by atoms with Crippen LogP contribution in [0.1, 0.15) is 50.3 Å². The quantitative estimate of drug-likeness (QED) is 0.117. The number of rotatable bonds is 12. The highest BCUT2D eigenvalue weighted by Crippen LogP contribution is 2.12. The normalized spacial score (nSPS) is 9.91. The average molecular weight is 468 g/mol. The van der Waals surface area contributed by atoms with Crippen molar-refractivity contribution >= 4 is 35.4 Å². The van der Waals surface area contributed by atoms with Crippen molar-refractivity contribution in [1.82, 2.24) is 32.4 Å². The minimum atomic E-state index is -0.734. The van der Waals surface area contributed by atoms with E-state index in [9.17, 15) is 28.8 Å². The van der Waals surface area contributed by atoms with Gasteiger partial charge in [-0.1, -0.05) is 0 Å². The molecule has 0 aliphatic heterocycles. The Balaban J connectivity index is 3.01. The second-order valence-corrected chi connectivity index (χ2v) is 6.42. The lowest BCUT2D eigenvalue weighted by molar-refractivity contribution is -0.129. The van der Waals surface area contributed by atoms with Gasteiger partial charge in [-0.15, -0.1) is 0 Å². The summed E-state index contributed by atoms with van der Waals surface area (Å²) in [4.78, 5) is 70.4. The van der Waals surface area contributed by atoms with Crippen molar-refractivity contribution in [3.63, 3.8) is 0 Å². The molecule has 0 aliphatic rings. The lowest BCUT2D eigenvalue weighted by atomic mass is 10.0. The minimum Gasteiger partial charge on any atom is -0.352 e. The van der Waals surface area contributed by atoms with Gasteiger partial charge in [-0.25, -0.2) is 16.4 Å². The molecule has 1 aromatic rings. The molecule has 0 unspecified atom stereocenters. The molecule has 0 radical (unpaired) electrons. The van der Waals surface area contributed by atoms with Gasteiger partial charge in [-0.3, -0.25) is 44.4 Å². The van der Waals surface area contributed by atoms with E-state index >= 15 is 0 Å². The monoisotopic (exact) mass is 468 g/mol. The van der Waals surface area contributed by atoms with Crippen LogP contribution in [0, 0.1) is 0 Å². The van der Waals surface area contributed by atoms with Crippen molar-refractivity contribution in [1.29, 1.82) is 0 Å². The van der Waals surface area contributed by atoms with E-state index in [1.807, 2.05) is 0 Å². The molecule has 0 aliphatic carbocycles. The Bertz CT molecular complexity index is 779. The van der Waals surface area contributed by atoms with Gasteiger partial charge < -0.3 is 16.0 Å². The summed E-state index contributed by atoms with van der Waals surface area (Å²) in [7, 11) is 0. The number of hydrogen-bond donors (Lipinski definition) is 9. The van der Waals surface area contributed by atoms with E-state index in [0.29, 0.717) is 0 Å². The Morgan fingerprint density at radius 2 is 0.758 bits per heavy atom. The number of hydroxylamine groups is 3. The fraction of sp³-hybridized carbons (Fsp3) is 0.333. The Hall–Kier alpha value is -4.08. The van der Waals surface area contributed by atoms with E-state index in [4.69, 9.17) is 15.6 Å². The highest BCUT2D eigenvalue weighted by Gasteiger charge is 2.17. The van der Waals surface area contributed by atoms with Crippen molar-refractivity contribution in [3.05, 3.63) is 34.9 Å². The molecule has 1 rings (SSSR count). The molecule has 0 atom stereocenters. The molecule has 0 spiro atoms. The highest BCUT2D eigenvalue weighted by atomic mass is 16.5. The van der Waals surface area contributed by atoms with Crippen molar-refractivity contribution in [2.24, 2.45) is 0 Å². The zero-order chi connectivity index (χ0) is 24.8. The molecule has 0 saturated heterocycles. The predicted octanol–water partition coefficient (Wildman–Crippen LogP) is -2.44. The van der Waals surface area contributed by atoms with Crippen LogP contribution in [0.2, 0.25) is 0 Å². The summed E-state index contributed by atoms with van der Waals surface area (Å²) >= 11 is 0. The Morgan fingerprint density at radius 1 is 0.515 bits per heavy atom. The Morgan fingerprint density at radius 3 is 0.970 bits per heavy atom. The van der Waals surface area contributed by atoms with Crippen LogP contribution < -0.4 is 32.4 Å². The van der Waals surface area contributed by atoms with Crippen LogP contribution in [0.15, 0.2) is 18.2 Å². The van der Waals surface area contributed by atoms with Crippen LogP contribution in [-0.4, -0.2) is 70.7 Å². The molecular weight excluding hydrogens is 444 g/mol. The molecule has 0 fully saturated rings. The number of carbonyl (C=O) groups is 6. The summed E-state index contributed by atoms with van der Waals surface area (Å²) in [5, 5.41) is 32.6. The summed E-state index contributed by atoms with van der Waals surface area (Å²) < 4.78 is 0. The first kappa shape index (κ1) is 27.0. The molecule has 15 nitrogen and oxygen atoms in total. The third-order valence-corrected chi connectivity index (χ3v) is 4.01. The molecular formula is C18H24N6O9. The van der Waals surface area contributed by atoms with Gasteiger partial charge >= 0.3 is 0 Å². The van der Waals surface area contributed by atoms with Gasteiger partial charge in [-0.05, 0) is 18.2 Å². The number of nitrogens with one attached hydrogen (secondary N) is 6. The van der Waals surface area contributed by atoms with Crippen molar-refractivity contribution < 1.29 is 44.4 Å². The molecule has 33 heavy (non-hydrogen) atoms. The first-order valence-electron chi connectivity index (χ1n) is 9.50. The highest BCUT2D eigenvalue weighted by molar-refractivity contribution is 6.04. The summed E-state index contributed by atoms with van der Waals surface area (Å²) in [6.07, 6.45) is -0.680. The summed E-state index contributed by atoms with van der Waals surface area (Å²) in [5.41, 5.74) is 3.92. The SMILES string of the molecule is O=C(CCNC(=O)c1cc(C(=O)NCCC(=O)NO)cc(C(=O)NCCC(=O)NO)c1)NO. The standard InChI is InChI=1S/C18H24N6O9/c25-13(22-31)1-4-19-16(28)10-7-11(17(29)20-5-2-14(26)23-32)9-12(8-10)18(30)21-6-3-15(27)24-33/h7-9,31-33H,1-6H2,(H,19,28)(H,20,29)(H,21,30)(H,22,25)(H,23,26)(H,24,27). The third-order valence-electron chi connectivity index (χ3n) is 4.01. The number of hydrogen-bond acceptors (Lipinski definition) is 9. The van der Waals surface area contributed by atoms with Crippen molar-refractivity contribution in [2.75, 3.05) is 19.6 Å². The smallest absolute Gasteiger partial charge is 0.251 e. The third kappa shape index (κ3) is 9.72. The lowest BCUT2D eigenvalue weighted by Gasteiger charge is -2.11. The van der Waals surface area contributed by atoms with Gasteiger partial charge in [0.2, 0.25) is 17.7 Å². The van der Waals surface area contributed by atoms with Gasteiger partial charge in [-0.2, -0.15) is 0 Å². The van der Waals surface area contributed by atoms with E-state index in [1.165, 1.54) is 34.6 Å². The first-order chi connectivity index (χ1) is 15.7. The fourth-order valence-corrected chi connectivity index (χ4v) is 2.36. The Kier molecular flexibility index (Phi) is 11.5. The maximum absolute atomic E-state index is 12.4. The molecule has 0 aromatic heterocycles. The molecule has 0 heterocycles. The molecule has 15 heteroatoms. The van der Waals surface area contributed by atoms with Crippen molar-refractivity contribution in [2.45, 2.75) is 19.3 Å². The Labute approximate surface area is 186 Å². The van der Waals surface area contributed by atoms with Gasteiger partial charge in [0.25, 0.3) is 17.7 Å². The van der Waals surface area contributed by atoms with Crippen LogP contribution in [0.25, 0.3) is 0 Å². The van der Waals surface area contributed by atoms with E-state index < -0.39 is 35.4 Å². The summed E-state index contributed by atoms with van der Waals surface area (Å²) in [5.74, 6) is -4.36. The van der Waals surface area contributed by atoms with E-state index in [2.05, 4.69) is 16.0 Å². The molecule has 6 amide bonds. The van der Waals surface area contributed by atoms with Crippen LogP contribution in [0.3, 0.4) is 0 Å². The fourth-order valence-electron chi connectivity index (χ4n) is 2.36. The zero-order valence-electron chi connectivity index (χ0n) is 17.3. The maximum Gasteiger partial charge on any atom is 0.251 e. The molecule has 1 aromatic carbocycles.